The van der Waals surface area contributed by atoms with Gasteiger partial charge in [-0.05, 0) is 20.8 Å². The van der Waals surface area contributed by atoms with Crippen LogP contribution >= 0.6 is 11.6 Å². The molecule has 0 amide bonds. The van der Waals surface area contributed by atoms with E-state index in [1.54, 1.807) is 27.7 Å². The lowest BCUT2D eigenvalue weighted by Crippen LogP contribution is -2.48. The predicted octanol–water partition coefficient (Wildman–Crippen LogP) is 2.15. The molecular formula is C14H19ClO4. The van der Waals surface area contributed by atoms with Crippen molar-refractivity contribution in [2.75, 3.05) is 13.0 Å². The number of hydrogen-bond acceptors (Lipinski definition) is 4. The predicted molar refractivity (Wildman–Crippen MR) is 71.9 cm³/mol. The first kappa shape index (κ1) is 15.9. The van der Waals surface area contributed by atoms with Crippen molar-refractivity contribution in [1.82, 2.24) is 0 Å². The van der Waals surface area contributed by atoms with Crippen LogP contribution in [0.1, 0.15) is 27.7 Å². The molecule has 4 nitrogen and oxygen atoms in total. The first-order valence-electron chi connectivity index (χ1n) is 6.13. The van der Waals surface area contributed by atoms with E-state index in [-0.39, 0.29) is 5.88 Å². The molecule has 0 aromatic rings. The number of allylic oxidation sites excluding steroid dienone is 2. The molecule has 0 heterocycles. The van der Waals surface area contributed by atoms with Crippen LogP contribution in [0.5, 0.6) is 0 Å². The minimum atomic E-state index is -1.25. The van der Waals surface area contributed by atoms with Crippen LogP contribution in [0.4, 0.5) is 0 Å². The molecule has 106 valence electrons. The average molecular weight is 287 g/mol. The van der Waals surface area contributed by atoms with Gasteiger partial charge in [0.2, 0.25) is 0 Å². The first-order chi connectivity index (χ1) is 8.69. The Labute approximate surface area is 118 Å². The number of ether oxygens (including phenoxy) is 1. The third-order valence-electron chi connectivity index (χ3n) is 3.62. The molecule has 2 unspecified atom stereocenters. The van der Waals surface area contributed by atoms with Gasteiger partial charge in [0.25, 0.3) is 0 Å². The molecule has 0 saturated carbocycles. The van der Waals surface area contributed by atoms with E-state index in [0.717, 1.165) is 0 Å². The number of methoxy groups -OCH3 is 1. The summed E-state index contributed by atoms with van der Waals surface area (Å²) in [4.78, 5) is 36.9. The topological polar surface area (TPSA) is 60.4 Å². The second-order valence-electron chi connectivity index (χ2n) is 5.40. The first-order valence-corrected chi connectivity index (χ1v) is 6.67. The summed E-state index contributed by atoms with van der Waals surface area (Å²) in [5.41, 5.74) is -0.633. The van der Waals surface area contributed by atoms with Crippen molar-refractivity contribution in [3.63, 3.8) is 0 Å². The quantitative estimate of drug-likeness (QED) is 0.587. The summed E-state index contributed by atoms with van der Waals surface area (Å²) in [6.45, 7) is 6.53. The molecule has 5 heteroatoms. The molecule has 0 fully saturated rings. The van der Waals surface area contributed by atoms with Gasteiger partial charge < -0.3 is 4.74 Å². The van der Waals surface area contributed by atoms with Gasteiger partial charge in [0.1, 0.15) is 11.7 Å². The number of hydrogen-bond donors (Lipinski definition) is 0. The Morgan fingerprint density at radius 1 is 1.42 bits per heavy atom. The summed E-state index contributed by atoms with van der Waals surface area (Å²) in [6, 6.07) is 0. The van der Waals surface area contributed by atoms with E-state index >= 15 is 0 Å². The molecule has 0 radical (unpaired) electrons. The van der Waals surface area contributed by atoms with Gasteiger partial charge in [-0.25, -0.2) is 0 Å². The van der Waals surface area contributed by atoms with Gasteiger partial charge in [0.05, 0.1) is 12.5 Å². The van der Waals surface area contributed by atoms with Crippen LogP contribution in [0, 0.1) is 17.3 Å². The summed E-state index contributed by atoms with van der Waals surface area (Å²) in [5, 5.41) is 0. The van der Waals surface area contributed by atoms with Crippen LogP contribution in [0.25, 0.3) is 0 Å². The van der Waals surface area contributed by atoms with Gasteiger partial charge in [-0.2, -0.15) is 0 Å². The van der Waals surface area contributed by atoms with E-state index in [1.807, 2.05) is 0 Å². The fraction of sp³-hybridized carbons (Fsp3) is 0.643. The smallest absolute Gasteiger partial charge is 0.179 e. The highest BCUT2D eigenvalue weighted by atomic mass is 35.5. The van der Waals surface area contributed by atoms with Gasteiger partial charge in [0, 0.05) is 17.4 Å². The summed E-state index contributed by atoms with van der Waals surface area (Å²) < 4.78 is 5.17. The van der Waals surface area contributed by atoms with Crippen molar-refractivity contribution in [3.8, 4) is 0 Å². The Bertz CT molecular complexity index is 462. The maximum atomic E-state index is 12.4. The molecule has 0 aromatic carbocycles. The lowest BCUT2D eigenvalue weighted by atomic mass is 9.68. The highest BCUT2D eigenvalue weighted by Crippen LogP contribution is 2.39. The van der Waals surface area contributed by atoms with E-state index in [9.17, 15) is 14.4 Å². The molecule has 19 heavy (non-hydrogen) atoms. The summed E-state index contributed by atoms with van der Waals surface area (Å²) in [6.07, 6.45) is 0. The van der Waals surface area contributed by atoms with Crippen molar-refractivity contribution in [3.05, 3.63) is 11.3 Å². The standard InChI is InChI=1S/C14H19ClO4/c1-7(6-15)10(16)9-11(17)8(2)13(19-5)14(3,4)12(9)18/h7,9H,6H2,1-5H3. The van der Waals surface area contributed by atoms with Crippen LogP contribution in [-0.4, -0.2) is 30.3 Å². The second-order valence-corrected chi connectivity index (χ2v) is 5.71. The van der Waals surface area contributed by atoms with Crippen molar-refractivity contribution in [2.45, 2.75) is 27.7 Å². The SMILES string of the molecule is COC1=C(C)C(=O)C(C(=O)C(C)CCl)C(=O)C1(C)C. The van der Waals surface area contributed by atoms with Crippen molar-refractivity contribution < 1.29 is 19.1 Å². The Kier molecular flexibility index (Phi) is 4.56. The largest absolute Gasteiger partial charge is 0.500 e. The van der Waals surface area contributed by atoms with Crippen molar-refractivity contribution in [1.29, 1.82) is 0 Å². The molecular weight excluding hydrogens is 268 g/mol. The summed E-state index contributed by atoms with van der Waals surface area (Å²) in [7, 11) is 1.42. The van der Waals surface area contributed by atoms with Gasteiger partial charge >= 0.3 is 0 Å². The van der Waals surface area contributed by atoms with Gasteiger partial charge in [-0.15, -0.1) is 11.6 Å². The lowest BCUT2D eigenvalue weighted by Gasteiger charge is -2.35. The molecule has 0 spiro atoms. The molecule has 1 aliphatic rings. The Hall–Kier alpha value is -1.16. The Morgan fingerprint density at radius 2 is 1.95 bits per heavy atom. The number of carbonyl (C=O) groups excluding carboxylic acids is 3. The normalized spacial score (nSPS) is 24.4. The Morgan fingerprint density at radius 3 is 2.37 bits per heavy atom. The van der Waals surface area contributed by atoms with Crippen molar-refractivity contribution in [2.24, 2.45) is 17.3 Å². The van der Waals surface area contributed by atoms with Gasteiger partial charge in [0.15, 0.2) is 17.3 Å². The van der Waals surface area contributed by atoms with Crippen LogP contribution < -0.4 is 0 Å². The highest BCUT2D eigenvalue weighted by Gasteiger charge is 2.51. The monoisotopic (exact) mass is 286 g/mol. The number of carbonyl (C=O) groups is 3. The van der Waals surface area contributed by atoms with Crippen LogP contribution in [-0.2, 0) is 19.1 Å². The molecule has 0 aromatic heterocycles. The van der Waals surface area contributed by atoms with Crippen LogP contribution in [0.15, 0.2) is 11.3 Å². The molecule has 2 atom stereocenters. The molecule has 1 rings (SSSR count). The third-order valence-corrected chi connectivity index (χ3v) is 4.09. The highest BCUT2D eigenvalue weighted by molar-refractivity contribution is 6.29. The van der Waals surface area contributed by atoms with E-state index in [1.165, 1.54) is 7.11 Å². The van der Waals surface area contributed by atoms with Crippen LogP contribution in [0.3, 0.4) is 0 Å². The second kappa shape index (κ2) is 5.45. The van der Waals surface area contributed by atoms with Crippen molar-refractivity contribution >= 4 is 29.0 Å². The number of halogens is 1. The fourth-order valence-corrected chi connectivity index (χ4v) is 2.57. The molecule has 1 aliphatic carbocycles. The number of ketones is 3. The lowest BCUT2D eigenvalue weighted by molar-refractivity contribution is -0.145. The maximum absolute atomic E-state index is 12.4. The zero-order valence-electron chi connectivity index (χ0n) is 11.9. The van der Waals surface area contributed by atoms with E-state index in [0.29, 0.717) is 11.3 Å². The number of alkyl halides is 1. The average Bonchev–Trinajstić information content (AvgIpc) is 2.36. The van der Waals surface area contributed by atoms with Gasteiger partial charge in [-0.1, -0.05) is 6.92 Å². The zero-order chi connectivity index (χ0) is 15.0. The van der Waals surface area contributed by atoms with E-state index < -0.39 is 34.6 Å². The minimum absolute atomic E-state index is 0.0935. The molecule has 0 N–H and O–H groups in total. The van der Waals surface area contributed by atoms with Gasteiger partial charge in [-0.3, -0.25) is 14.4 Å². The Balaban J connectivity index is 3.33. The summed E-state index contributed by atoms with van der Waals surface area (Å²) >= 11 is 5.64. The third kappa shape index (κ3) is 2.46. The zero-order valence-corrected chi connectivity index (χ0v) is 12.6. The number of Topliss-reactive ketones (excluding diaryl/α,β-unsaturated/α-hetero) is 3. The summed E-state index contributed by atoms with van der Waals surface area (Å²) in [5.74, 6) is -2.63. The van der Waals surface area contributed by atoms with E-state index in [4.69, 9.17) is 16.3 Å². The molecule has 0 saturated heterocycles. The van der Waals surface area contributed by atoms with Crippen LogP contribution in [0.2, 0.25) is 0 Å². The minimum Gasteiger partial charge on any atom is -0.500 e. The molecule has 0 bridgehead atoms. The number of rotatable bonds is 4. The maximum Gasteiger partial charge on any atom is 0.179 e. The van der Waals surface area contributed by atoms with E-state index in [2.05, 4.69) is 0 Å². The fourth-order valence-electron chi connectivity index (χ4n) is 2.42. The molecule has 0 aliphatic heterocycles.